The van der Waals surface area contributed by atoms with Gasteiger partial charge in [0.15, 0.2) is 5.78 Å². The topological polar surface area (TPSA) is 178 Å². The molecule has 3 unspecified atom stereocenters. The molecular weight excluding hydrogens is 579 g/mol. The molecule has 0 aromatic heterocycles. The number of ketones is 1. The third-order valence-corrected chi connectivity index (χ3v) is 5.95. The van der Waals surface area contributed by atoms with Gasteiger partial charge in [-0.25, -0.2) is 0 Å². The first-order chi connectivity index (χ1) is 16.2. The quantitative estimate of drug-likeness (QED) is 0.0265. The van der Waals surface area contributed by atoms with Gasteiger partial charge in [0, 0.05) is 56.9 Å². The maximum absolute atomic E-state index is 12.6. The molecule has 0 aliphatic heterocycles. The molecule has 0 heterocycles. The molecule has 0 N–H and O–H groups in total. The van der Waals surface area contributed by atoms with Crippen molar-refractivity contribution in [2.24, 2.45) is 17.0 Å². The average Bonchev–Trinajstić information content (AvgIpc) is 2.81. The number of carbonyl (C=O) groups is 3. The van der Waals surface area contributed by atoms with E-state index in [0.29, 0.717) is 28.1 Å². The number of carboxylic acid groups (broad SMARTS) is 2. The third-order valence-electron chi connectivity index (χ3n) is 5.35. The molecule has 0 bridgehead atoms. The van der Waals surface area contributed by atoms with Crippen molar-refractivity contribution < 1.29 is 123 Å². The second-order valence-corrected chi connectivity index (χ2v) is 8.30. The van der Waals surface area contributed by atoms with Gasteiger partial charge in [-0.15, -0.1) is 0 Å². The molecule has 2 aromatic rings. The molecule has 41 heavy (non-hydrogen) atoms. The zero-order valence-corrected chi connectivity index (χ0v) is 28.1. The van der Waals surface area contributed by atoms with Crippen LogP contribution in [0.4, 0.5) is 5.69 Å². The normalized spacial score (nSPS) is 11.3. The van der Waals surface area contributed by atoms with E-state index in [9.17, 15) is 29.9 Å². The molecule has 0 radical (unpaired) electrons. The predicted molar refractivity (Wildman–Crippen MR) is 145 cm³/mol. The Morgan fingerprint density at radius 3 is 2.00 bits per heavy atom. The van der Waals surface area contributed by atoms with Crippen molar-refractivity contribution in [3.63, 3.8) is 0 Å². The van der Waals surface area contributed by atoms with Crippen LogP contribution in [0.5, 0.6) is 0 Å². The zero-order valence-electron chi connectivity index (χ0n) is 21.2. The van der Waals surface area contributed by atoms with Crippen molar-refractivity contribution in [1.29, 1.82) is 0 Å². The first-order valence-electron chi connectivity index (χ1n) is 10.1. The Bertz CT molecular complexity index is 1150. The molecule has 0 aliphatic carbocycles. The maximum atomic E-state index is 12.6. The summed E-state index contributed by atoms with van der Waals surface area (Å²) in [4.78, 5) is 38.0. The van der Waals surface area contributed by atoms with Crippen molar-refractivity contribution >= 4 is 41.5 Å². The predicted octanol–water partition coefficient (Wildman–Crippen LogP) is -4.37. The summed E-state index contributed by atoms with van der Waals surface area (Å²) >= 11 is 0.517. The van der Waals surface area contributed by atoms with Crippen LogP contribution >= 0.6 is 12.0 Å². The van der Waals surface area contributed by atoms with Gasteiger partial charge in [-0.3, -0.25) is 4.79 Å². The zero-order chi connectivity index (χ0) is 25.3. The van der Waals surface area contributed by atoms with E-state index in [4.69, 9.17) is 5.53 Å². The fraction of sp³-hybridized carbons (Fsp3) is 0.370. The third kappa shape index (κ3) is 16.7. The number of benzene rings is 2. The molecule has 0 aliphatic rings. The number of carbonyl (C=O) groups excluding carboxylic acids is 3. The Kier molecular flexibility index (Phi) is 34.8. The summed E-state index contributed by atoms with van der Waals surface area (Å²) in [5.74, 6) is -5.94. The largest absolute Gasteiger partial charge is 1.00 e. The summed E-state index contributed by atoms with van der Waals surface area (Å²) < 4.78 is 3.84. The van der Waals surface area contributed by atoms with Crippen molar-refractivity contribution in [3.05, 3.63) is 75.7 Å². The monoisotopic (exact) mass is 615 g/mol. The molecule has 2 rings (SSSR count). The fourth-order valence-electron chi connectivity index (χ4n) is 3.31. The minimum Gasteiger partial charge on any atom is -0.710 e. The number of nitrogens with zero attached hydrogens (tertiary/aromatic N) is 3. The van der Waals surface area contributed by atoms with Crippen LogP contribution in [-0.2, 0) is 13.9 Å². The van der Waals surface area contributed by atoms with Crippen LogP contribution < -0.4 is 104 Å². The van der Waals surface area contributed by atoms with Gasteiger partial charge in [-0.2, -0.15) is 0 Å². The summed E-state index contributed by atoms with van der Waals surface area (Å²) in [5, 5.41) is 36.4. The number of hydrogen-bond donors (Lipinski definition) is 0. The minimum atomic E-state index is -1.45. The van der Waals surface area contributed by atoms with Crippen LogP contribution in [0.2, 0.25) is 0 Å². The van der Waals surface area contributed by atoms with E-state index in [1.807, 2.05) is 0 Å². The summed E-state index contributed by atoms with van der Waals surface area (Å²) in [6.45, 7) is 3.03. The number of carboxylic acids is 2. The second kappa shape index (κ2) is 27.0. The molecule has 14 heteroatoms. The molecular formula is C27H36N3Na3O7S. The van der Waals surface area contributed by atoms with Crippen LogP contribution in [0.25, 0.3) is 16.5 Å². The van der Waals surface area contributed by atoms with Gasteiger partial charge in [-0.1, -0.05) is 85.1 Å². The van der Waals surface area contributed by atoms with Crippen LogP contribution in [0, 0.1) is 11.8 Å². The SMILES string of the molecule is C.C.C.C.CC(CC(C(=O)[O-])C(C)C(=O)[O-])c1ccc(C(=O)C=Cc2ccc(N=[N+]=[N-])cc2SO[O-])cc1.[Na+].[Na+].[Na+]. The van der Waals surface area contributed by atoms with Gasteiger partial charge < -0.3 is 29.4 Å². The molecule has 2 aromatic carbocycles. The molecule has 0 spiro atoms. The Labute approximate surface area is 314 Å². The number of azide groups is 1. The van der Waals surface area contributed by atoms with Crippen LogP contribution in [0.15, 0.2) is 58.6 Å². The van der Waals surface area contributed by atoms with Gasteiger partial charge in [0.05, 0.1) is 0 Å². The summed E-state index contributed by atoms with van der Waals surface area (Å²) in [7, 11) is 0. The van der Waals surface area contributed by atoms with E-state index in [2.05, 4.69) is 14.4 Å². The van der Waals surface area contributed by atoms with Gasteiger partial charge >= 0.3 is 88.7 Å². The van der Waals surface area contributed by atoms with E-state index >= 15 is 0 Å². The van der Waals surface area contributed by atoms with Crippen molar-refractivity contribution in [1.82, 2.24) is 0 Å². The smallest absolute Gasteiger partial charge is 0.710 e. The first kappa shape index (κ1) is 53.0. The first-order valence-corrected chi connectivity index (χ1v) is 10.8. The fourth-order valence-corrected chi connectivity index (χ4v) is 3.78. The molecule has 3 atom stereocenters. The average molecular weight is 616 g/mol. The Morgan fingerprint density at radius 1 is 0.976 bits per heavy atom. The van der Waals surface area contributed by atoms with Gasteiger partial charge in [-0.05, 0) is 47.2 Å². The molecule has 0 saturated heterocycles. The summed E-state index contributed by atoms with van der Waals surface area (Å²) in [5.41, 5.74) is 10.4. The van der Waals surface area contributed by atoms with E-state index in [1.54, 1.807) is 37.3 Å². The van der Waals surface area contributed by atoms with Crippen molar-refractivity contribution in [2.45, 2.75) is 60.8 Å². The molecule has 10 nitrogen and oxygen atoms in total. The molecule has 0 amide bonds. The maximum Gasteiger partial charge on any atom is 1.00 e. The van der Waals surface area contributed by atoms with E-state index in [0.717, 1.165) is 5.56 Å². The number of allylic oxidation sites excluding steroid dienone is 1. The van der Waals surface area contributed by atoms with Crippen LogP contribution in [0.1, 0.15) is 77.4 Å². The van der Waals surface area contributed by atoms with Gasteiger partial charge in [0.1, 0.15) is 0 Å². The van der Waals surface area contributed by atoms with E-state index < -0.39 is 23.8 Å². The van der Waals surface area contributed by atoms with Crippen molar-refractivity contribution in [2.75, 3.05) is 0 Å². The molecule has 0 saturated carbocycles. The van der Waals surface area contributed by atoms with E-state index in [-0.39, 0.29) is 142 Å². The van der Waals surface area contributed by atoms with Gasteiger partial charge in [0.25, 0.3) is 0 Å². The number of aliphatic carboxylic acids is 2. The van der Waals surface area contributed by atoms with Crippen molar-refractivity contribution in [3.8, 4) is 0 Å². The number of rotatable bonds is 12. The summed E-state index contributed by atoms with van der Waals surface area (Å²) in [6, 6.07) is 11.0. The minimum absolute atomic E-state index is 0. The Hall–Kier alpha value is -0.630. The van der Waals surface area contributed by atoms with Crippen LogP contribution in [0.3, 0.4) is 0 Å². The molecule has 210 valence electrons. The summed E-state index contributed by atoms with van der Waals surface area (Å²) in [6.07, 6.45) is 2.84. The molecule has 0 fully saturated rings. The van der Waals surface area contributed by atoms with Crippen LogP contribution in [-0.4, -0.2) is 17.7 Å². The standard InChI is InChI=1S/C23H23N3O7S.4CH4.3Na/c1-13(11-19(23(30)31)14(2)22(28)29)15-3-5-16(6-4-15)20(27)10-8-17-7-9-18(25-26-24)12-21(17)34-33-32;;;;;;;/h3-10,12-14,19,32H,11H2,1-2H3,(H,28,29)(H,30,31);4*1H4;;;/q;;;;;3*+1/p-3. The van der Waals surface area contributed by atoms with Gasteiger partial charge in [0.2, 0.25) is 0 Å². The Balaban J connectivity index is -0.000000437. The number of hydrogen-bond acceptors (Lipinski definition) is 9. The second-order valence-electron chi connectivity index (χ2n) is 7.55. The van der Waals surface area contributed by atoms with E-state index in [1.165, 1.54) is 31.2 Å². The Morgan fingerprint density at radius 2 is 1.54 bits per heavy atom.